The van der Waals surface area contributed by atoms with E-state index in [1.165, 1.54) is 0 Å². The van der Waals surface area contributed by atoms with Gasteiger partial charge in [0.1, 0.15) is 0 Å². The molecule has 0 aliphatic rings. The third-order valence-corrected chi connectivity index (χ3v) is 2.82. The van der Waals surface area contributed by atoms with Crippen molar-refractivity contribution in [2.45, 2.75) is 6.54 Å². The maximum atomic E-state index is 4.08. The lowest BCUT2D eigenvalue weighted by Gasteiger charge is -2.11. The Morgan fingerprint density at radius 3 is 2.89 bits per heavy atom. The zero-order valence-electron chi connectivity index (χ0n) is 9.88. The molecule has 0 saturated heterocycles. The minimum atomic E-state index is 0.776. The molecule has 0 fully saturated rings. The normalized spacial score (nSPS) is 10.4. The van der Waals surface area contributed by atoms with Crippen LogP contribution in [0.5, 0.6) is 0 Å². The largest absolute Gasteiger partial charge is 0.378 e. The summed E-state index contributed by atoms with van der Waals surface area (Å²) < 4.78 is 2.00. The van der Waals surface area contributed by atoms with Gasteiger partial charge in [0.2, 0.25) is 0 Å². The van der Waals surface area contributed by atoms with E-state index in [2.05, 4.69) is 33.5 Å². The molecular formula is C14H14N4. The molecule has 3 aromatic rings. The van der Waals surface area contributed by atoms with Crippen LogP contribution >= 0.6 is 0 Å². The topological polar surface area (TPSA) is 45.6 Å². The number of aromatic nitrogens is 3. The molecule has 0 unspecified atom stereocenters. The maximum Gasteiger partial charge on any atom is 0.0992 e. The fourth-order valence-corrected chi connectivity index (χ4v) is 1.92. The third kappa shape index (κ3) is 2.13. The summed E-state index contributed by atoms with van der Waals surface area (Å²) in [7, 11) is 0. The van der Waals surface area contributed by atoms with Crippen LogP contribution < -0.4 is 5.32 Å². The Hall–Kier alpha value is -2.49. The highest BCUT2D eigenvalue weighted by atomic mass is 15.1. The van der Waals surface area contributed by atoms with Crippen LogP contribution in [0.15, 0.2) is 61.3 Å². The van der Waals surface area contributed by atoms with Crippen LogP contribution in [0, 0.1) is 0 Å². The van der Waals surface area contributed by atoms with Gasteiger partial charge in [-0.05, 0) is 24.3 Å². The summed E-state index contributed by atoms with van der Waals surface area (Å²) in [4.78, 5) is 7.26. The van der Waals surface area contributed by atoms with E-state index in [4.69, 9.17) is 0 Å². The van der Waals surface area contributed by atoms with Crippen LogP contribution in [0.2, 0.25) is 0 Å². The molecular weight excluding hydrogens is 224 g/mol. The van der Waals surface area contributed by atoms with Gasteiger partial charge in [-0.3, -0.25) is 0 Å². The van der Waals surface area contributed by atoms with Crippen molar-refractivity contribution < 1.29 is 0 Å². The van der Waals surface area contributed by atoms with Gasteiger partial charge >= 0.3 is 0 Å². The number of rotatable bonds is 4. The molecule has 18 heavy (non-hydrogen) atoms. The highest BCUT2D eigenvalue weighted by Crippen LogP contribution is 2.19. The molecule has 0 amide bonds. The Balaban J connectivity index is 1.84. The van der Waals surface area contributed by atoms with Gasteiger partial charge in [-0.2, -0.15) is 0 Å². The Morgan fingerprint density at radius 1 is 1.17 bits per heavy atom. The van der Waals surface area contributed by atoms with E-state index >= 15 is 0 Å². The summed E-state index contributed by atoms with van der Waals surface area (Å²) in [6.07, 6.45) is 7.45. The quantitative estimate of drug-likeness (QED) is 0.734. The van der Waals surface area contributed by atoms with Gasteiger partial charge in [-0.15, -0.1) is 0 Å². The average Bonchev–Trinajstić information content (AvgIpc) is 3.10. The molecule has 0 bridgehead atoms. The van der Waals surface area contributed by atoms with E-state index in [1.54, 1.807) is 12.5 Å². The van der Waals surface area contributed by atoms with Crippen molar-refractivity contribution in [3.05, 3.63) is 67.0 Å². The lowest BCUT2D eigenvalue weighted by molar-refractivity contribution is 1.03. The summed E-state index contributed by atoms with van der Waals surface area (Å²) in [5.41, 5.74) is 3.35. The molecule has 2 heterocycles. The SMILES string of the molecule is c1c[nH]c(CNc2ccccc2-n2ccnc2)c1. The Labute approximate surface area is 105 Å². The number of H-pyrrole nitrogens is 1. The van der Waals surface area contributed by atoms with Crippen LogP contribution in [0.25, 0.3) is 5.69 Å². The summed E-state index contributed by atoms with van der Waals surface area (Å²) >= 11 is 0. The fraction of sp³-hybridized carbons (Fsp3) is 0.0714. The first-order valence-electron chi connectivity index (χ1n) is 5.87. The van der Waals surface area contributed by atoms with Crippen molar-refractivity contribution in [2.75, 3.05) is 5.32 Å². The van der Waals surface area contributed by atoms with Crippen molar-refractivity contribution in [3.63, 3.8) is 0 Å². The smallest absolute Gasteiger partial charge is 0.0992 e. The summed E-state index contributed by atoms with van der Waals surface area (Å²) in [5.74, 6) is 0. The van der Waals surface area contributed by atoms with Crippen LogP contribution in [-0.2, 0) is 6.54 Å². The average molecular weight is 238 g/mol. The molecule has 0 aliphatic carbocycles. The van der Waals surface area contributed by atoms with Crippen molar-refractivity contribution in [2.24, 2.45) is 0 Å². The van der Waals surface area contributed by atoms with E-state index < -0.39 is 0 Å². The first kappa shape index (κ1) is 10.7. The van der Waals surface area contributed by atoms with Crippen LogP contribution in [-0.4, -0.2) is 14.5 Å². The van der Waals surface area contributed by atoms with Gasteiger partial charge in [-0.1, -0.05) is 12.1 Å². The number of imidazole rings is 1. The van der Waals surface area contributed by atoms with Gasteiger partial charge in [0.05, 0.1) is 24.2 Å². The monoisotopic (exact) mass is 238 g/mol. The lowest BCUT2D eigenvalue weighted by atomic mass is 10.2. The molecule has 3 rings (SSSR count). The number of hydrogen-bond acceptors (Lipinski definition) is 2. The van der Waals surface area contributed by atoms with Crippen molar-refractivity contribution >= 4 is 5.69 Å². The molecule has 0 saturated carbocycles. The molecule has 4 heteroatoms. The lowest BCUT2D eigenvalue weighted by Crippen LogP contribution is -2.03. The predicted octanol–water partition coefficient (Wildman–Crippen LogP) is 2.81. The van der Waals surface area contributed by atoms with Crippen molar-refractivity contribution in [1.29, 1.82) is 0 Å². The highest BCUT2D eigenvalue weighted by Gasteiger charge is 2.03. The van der Waals surface area contributed by atoms with Crippen molar-refractivity contribution in [3.8, 4) is 5.69 Å². The second-order valence-electron chi connectivity index (χ2n) is 4.04. The molecule has 1 aromatic carbocycles. The molecule has 0 atom stereocenters. The van der Waals surface area contributed by atoms with Crippen LogP contribution in [0.3, 0.4) is 0 Å². The summed E-state index contributed by atoms with van der Waals surface area (Å²) in [5, 5.41) is 3.42. The van der Waals surface area contributed by atoms with Crippen LogP contribution in [0.1, 0.15) is 5.69 Å². The summed E-state index contributed by atoms with van der Waals surface area (Å²) in [6.45, 7) is 0.776. The molecule has 4 nitrogen and oxygen atoms in total. The number of nitrogens with one attached hydrogen (secondary N) is 2. The minimum Gasteiger partial charge on any atom is -0.378 e. The Bertz CT molecular complexity index is 597. The maximum absolute atomic E-state index is 4.08. The van der Waals surface area contributed by atoms with Gasteiger partial charge in [-0.25, -0.2) is 4.98 Å². The van der Waals surface area contributed by atoms with E-state index in [9.17, 15) is 0 Å². The van der Waals surface area contributed by atoms with Crippen LogP contribution in [0.4, 0.5) is 5.69 Å². The highest BCUT2D eigenvalue weighted by molar-refractivity contribution is 5.60. The number of hydrogen-bond donors (Lipinski definition) is 2. The molecule has 90 valence electrons. The fourth-order valence-electron chi connectivity index (χ4n) is 1.92. The third-order valence-electron chi connectivity index (χ3n) is 2.82. The van der Waals surface area contributed by atoms with Gasteiger partial charge in [0.15, 0.2) is 0 Å². The number of para-hydroxylation sites is 2. The van der Waals surface area contributed by atoms with E-state index in [-0.39, 0.29) is 0 Å². The Kier molecular flexibility index (Phi) is 2.84. The summed E-state index contributed by atoms with van der Waals surface area (Å²) in [6, 6.07) is 12.2. The molecule has 2 N–H and O–H groups in total. The molecule has 0 aliphatic heterocycles. The molecule has 0 radical (unpaired) electrons. The molecule has 0 spiro atoms. The number of anilines is 1. The minimum absolute atomic E-state index is 0.776. The van der Waals surface area contributed by atoms with Crippen molar-refractivity contribution in [1.82, 2.24) is 14.5 Å². The van der Waals surface area contributed by atoms with Gasteiger partial charge in [0, 0.05) is 24.3 Å². The van der Waals surface area contributed by atoms with Gasteiger partial charge in [0.25, 0.3) is 0 Å². The van der Waals surface area contributed by atoms with E-state index in [1.807, 2.05) is 35.2 Å². The molecule has 2 aromatic heterocycles. The standard InChI is InChI=1S/C14H14N4/c1-2-6-14(18-9-8-15-11-18)13(5-1)17-10-12-4-3-7-16-12/h1-9,11,16-17H,10H2. The number of aromatic amines is 1. The van der Waals surface area contributed by atoms with E-state index in [0.717, 1.165) is 23.6 Å². The second-order valence-corrected chi connectivity index (χ2v) is 4.04. The number of nitrogens with zero attached hydrogens (tertiary/aromatic N) is 2. The zero-order chi connectivity index (χ0) is 12.2. The zero-order valence-corrected chi connectivity index (χ0v) is 9.88. The first-order valence-corrected chi connectivity index (χ1v) is 5.87. The predicted molar refractivity (Wildman–Crippen MR) is 71.7 cm³/mol. The Morgan fingerprint density at radius 2 is 2.11 bits per heavy atom. The first-order chi connectivity index (χ1) is 8.93. The second kappa shape index (κ2) is 4.79. The number of benzene rings is 1. The van der Waals surface area contributed by atoms with Gasteiger partial charge < -0.3 is 14.9 Å². The van der Waals surface area contributed by atoms with E-state index in [0.29, 0.717) is 0 Å².